The van der Waals surface area contributed by atoms with Crippen LogP contribution in [0.1, 0.15) is 25.2 Å². The molecule has 1 aliphatic rings. The summed E-state index contributed by atoms with van der Waals surface area (Å²) >= 11 is 5.39. The fourth-order valence-corrected chi connectivity index (χ4v) is 4.03. The van der Waals surface area contributed by atoms with Crippen molar-refractivity contribution in [3.63, 3.8) is 0 Å². The Hall–Kier alpha value is -4.18. The van der Waals surface area contributed by atoms with Crippen molar-refractivity contribution in [1.82, 2.24) is 10.2 Å². The molecule has 0 saturated carbocycles. The Kier molecular flexibility index (Phi) is 7.65. The van der Waals surface area contributed by atoms with Gasteiger partial charge in [0.25, 0.3) is 11.6 Å². The van der Waals surface area contributed by atoms with Crippen LogP contribution in [0.4, 0.5) is 5.69 Å². The van der Waals surface area contributed by atoms with Gasteiger partial charge in [-0.1, -0.05) is 6.07 Å². The molecule has 9 nitrogen and oxygen atoms in total. The molecule has 2 aromatic carbocycles. The van der Waals surface area contributed by atoms with Crippen LogP contribution < -0.4 is 14.8 Å². The lowest BCUT2D eigenvalue weighted by molar-refractivity contribution is -0.384. The maximum Gasteiger partial charge on any atom is 0.276 e. The number of nitrogens with zero attached hydrogens (tertiary/aromatic N) is 2. The van der Waals surface area contributed by atoms with E-state index in [2.05, 4.69) is 5.32 Å². The van der Waals surface area contributed by atoms with Gasteiger partial charge < -0.3 is 19.2 Å². The molecule has 0 radical (unpaired) electrons. The van der Waals surface area contributed by atoms with Crippen molar-refractivity contribution in [3.05, 3.63) is 81.7 Å². The number of ether oxygens (including phenoxy) is 2. The summed E-state index contributed by atoms with van der Waals surface area (Å²) in [7, 11) is 0. The summed E-state index contributed by atoms with van der Waals surface area (Å²) in [5.41, 5.74) is 2.00. The Morgan fingerprint density at radius 2 is 1.78 bits per heavy atom. The molecule has 1 aliphatic heterocycles. The van der Waals surface area contributed by atoms with Gasteiger partial charge in [-0.3, -0.25) is 19.8 Å². The number of amides is 1. The van der Waals surface area contributed by atoms with Crippen LogP contribution >= 0.6 is 12.2 Å². The van der Waals surface area contributed by atoms with Crippen LogP contribution in [0.25, 0.3) is 17.4 Å². The van der Waals surface area contributed by atoms with Crippen LogP contribution in [0.2, 0.25) is 0 Å². The zero-order valence-electron chi connectivity index (χ0n) is 19.9. The van der Waals surface area contributed by atoms with E-state index in [-0.39, 0.29) is 11.6 Å². The molecular weight excluding hydrogens is 482 g/mol. The van der Waals surface area contributed by atoms with E-state index in [9.17, 15) is 14.9 Å². The molecule has 1 fully saturated rings. The van der Waals surface area contributed by atoms with E-state index in [1.165, 1.54) is 17.0 Å². The zero-order valence-corrected chi connectivity index (χ0v) is 20.7. The second kappa shape index (κ2) is 11.0. The van der Waals surface area contributed by atoms with E-state index in [0.717, 1.165) is 5.56 Å². The third-order valence-corrected chi connectivity index (χ3v) is 5.79. The summed E-state index contributed by atoms with van der Waals surface area (Å²) in [6.07, 6.45) is 2.17. The average Bonchev–Trinajstić information content (AvgIpc) is 3.44. The summed E-state index contributed by atoms with van der Waals surface area (Å²) in [6.45, 7) is 5.29. The molecule has 186 valence electrons. The van der Waals surface area contributed by atoms with Gasteiger partial charge in [-0.2, -0.15) is 0 Å². The van der Waals surface area contributed by atoms with Crippen molar-refractivity contribution >= 4 is 35.0 Å². The van der Waals surface area contributed by atoms with E-state index in [1.54, 1.807) is 30.3 Å². The molecule has 4 rings (SSSR count). The summed E-state index contributed by atoms with van der Waals surface area (Å²) in [6, 6.07) is 15.3. The lowest BCUT2D eigenvalue weighted by Gasteiger charge is -2.15. The number of nitro benzene ring substituents is 1. The third kappa shape index (κ3) is 5.55. The minimum absolute atomic E-state index is 0.00125. The van der Waals surface area contributed by atoms with Crippen LogP contribution in [0.5, 0.6) is 11.5 Å². The number of benzene rings is 2. The van der Waals surface area contributed by atoms with Crippen molar-refractivity contribution in [1.29, 1.82) is 0 Å². The first-order chi connectivity index (χ1) is 17.4. The average molecular weight is 508 g/mol. The highest BCUT2D eigenvalue weighted by Crippen LogP contribution is 2.29. The van der Waals surface area contributed by atoms with Gasteiger partial charge in [0.15, 0.2) is 16.6 Å². The molecule has 0 spiro atoms. The molecule has 2 heterocycles. The standard InChI is InChI=1S/C26H25N3O6S/c1-3-33-23-11-5-17(15-24(23)34-4-2)13-14-28-25(30)21(27-26(28)36)16-20-10-12-22(35-20)18-6-8-19(9-7-18)29(31)32/h5-12,15-16H,3-4,13-14H2,1-2H3,(H,27,36)/b21-16+. The number of carbonyl (C=O) groups excluding carboxylic acids is 1. The maximum absolute atomic E-state index is 13.0. The van der Waals surface area contributed by atoms with Crippen molar-refractivity contribution in [2.24, 2.45) is 0 Å². The Morgan fingerprint density at radius 3 is 2.47 bits per heavy atom. The monoisotopic (exact) mass is 507 g/mol. The molecule has 0 atom stereocenters. The topological polar surface area (TPSA) is 107 Å². The Bertz CT molecular complexity index is 1320. The minimum Gasteiger partial charge on any atom is -0.490 e. The smallest absolute Gasteiger partial charge is 0.276 e. The van der Waals surface area contributed by atoms with Crippen LogP contribution in [0.15, 0.2) is 64.7 Å². The fraction of sp³-hybridized carbons (Fsp3) is 0.231. The molecule has 3 aromatic rings. The predicted octanol–water partition coefficient (Wildman–Crippen LogP) is 4.95. The summed E-state index contributed by atoms with van der Waals surface area (Å²) < 4.78 is 17.1. The highest BCUT2D eigenvalue weighted by molar-refractivity contribution is 7.80. The molecular formula is C26H25N3O6S. The summed E-state index contributed by atoms with van der Waals surface area (Å²) in [5.74, 6) is 2.10. The summed E-state index contributed by atoms with van der Waals surface area (Å²) in [4.78, 5) is 24.9. The first-order valence-electron chi connectivity index (χ1n) is 11.5. The highest BCUT2D eigenvalue weighted by atomic mass is 32.1. The second-order valence-electron chi connectivity index (χ2n) is 7.85. The molecule has 1 saturated heterocycles. The SMILES string of the molecule is CCOc1ccc(CCN2C(=O)/C(=C\c3ccc(-c4ccc([N+](=O)[O-])cc4)o3)NC2=S)cc1OCC. The minimum atomic E-state index is -0.457. The van der Waals surface area contributed by atoms with E-state index in [1.807, 2.05) is 32.0 Å². The van der Waals surface area contributed by atoms with Crippen molar-refractivity contribution in [2.45, 2.75) is 20.3 Å². The Balaban J connectivity index is 1.43. The van der Waals surface area contributed by atoms with Gasteiger partial charge in [0.2, 0.25) is 0 Å². The number of nitrogens with one attached hydrogen (secondary N) is 1. The van der Waals surface area contributed by atoms with Crippen LogP contribution in [-0.4, -0.2) is 40.6 Å². The van der Waals surface area contributed by atoms with E-state index in [4.69, 9.17) is 26.1 Å². The lowest BCUT2D eigenvalue weighted by atomic mass is 10.1. The van der Waals surface area contributed by atoms with Gasteiger partial charge in [0, 0.05) is 30.3 Å². The number of rotatable bonds is 10. The number of thiocarbonyl (C=S) groups is 1. The quantitative estimate of drug-likeness (QED) is 0.178. The van der Waals surface area contributed by atoms with E-state index in [0.29, 0.717) is 65.6 Å². The van der Waals surface area contributed by atoms with Crippen LogP contribution in [0.3, 0.4) is 0 Å². The molecule has 10 heteroatoms. The molecule has 1 aromatic heterocycles. The van der Waals surface area contributed by atoms with Crippen molar-refractivity contribution < 1.29 is 23.6 Å². The zero-order chi connectivity index (χ0) is 25.7. The normalized spacial score (nSPS) is 14.3. The van der Waals surface area contributed by atoms with E-state index < -0.39 is 4.92 Å². The van der Waals surface area contributed by atoms with Gasteiger partial charge in [0.05, 0.1) is 18.1 Å². The number of nitro groups is 1. The van der Waals surface area contributed by atoms with Gasteiger partial charge in [-0.25, -0.2) is 0 Å². The second-order valence-corrected chi connectivity index (χ2v) is 8.23. The van der Waals surface area contributed by atoms with Gasteiger partial charge >= 0.3 is 0 Å². The first kappa shape index (κ1) is 24.9. The van der Waals surface area contributed by atoms with Gasteiger partial charge in [0.1, 0.15) is 17.2 Å². The Labute approximate surface area is 213 Å². The molecule has 1 amide bonds. The first-order valence-corrected chi connectivity index (χ1v) is 11.9. The van der Waals surface area contributed by atoms with Crippen LogP contribution in [-0.2, 0) is 11.2 Å². The van der Waals surface area contributed by atoms with Crippen molar-refractivity contribution in [3.8, 4) is 22.8 Å². The Morgan fingerprint density at radius 1 is 1.06 bits per heavy atom. The molecule has 0 aliphatic carbocycles. The highest BCUT2D eigenvalue weighted by Gasteiger charge is 2.30. The molecule has 36 heavy (non-hydrogen) atoms. The fourth-order valence-electron chi connectivity index (χ4n) is 3.74. The number of carbonyl (C=O) groups is 1. The van der Waals surface area contributed by atoms with Gasteiger partial charge in [-0.15, -0.1) is 0 Å². The summed E-state index contributed by atoms with van der Waals surface area (Å²) in [5, 5.41) is 14.1. The number of non-ortho nitro benzene ring substituents is 1. The van der Waals surface area contributed by atoms with E-state index >= 15 is 0 Å². The largest absolute Gasteiger partial charge is 0.490 e. The predicted molar refractivity (Wildman–Crippen MR) is 139 cm³/mol. The van der Waals surface area contributed by atoms with Crippen molar-refractivity contribution in [2.75, 3.05) is 19.8 Å². The molecule has 0 bridgehead atoms. The number of hydrogen-bond acceptors (Lipinski definition) is 7. The maximum atomic E-state index is 13.0. The lowest BCUT2D eigenvalue weighted by Crippen LogP contribution is -2.32. The molecule has 1 N–H and O–H groups in total. The van der Waals surface area contributed by atoms with Crippen LogP contribution in [0, 0.1) is 10.1 Å². The molecule has 0 unspecified atom stereocenters. The third-order valence-electron chi connectivity index (χ3n) is 5.47. The van der Waals surface area contributed by atoms with Gasteiger partial charge in [-0.05, 0) is 74.4 Å². The number of hydrogen-bond donors (Lipinski definition) is 1. The number of furan rings is 1.